The molecule has 2 rings (SSSR count). The molecule has 1 fully saturated rings. The Hall–Kier alpha value is -1.88. The summed E-state index contributed by atoms with van der Waals surface area (Å²) in [5.74, 6) is -0.811. The van der Waals surface area contributed by atoms with E-state index < -0.39 is 5.91 Å². The van der Waals surface area contributed by atoms with Gasteiger partial charge in [0.15, 0.2) is 5.78 Å². The van der Waals surface area contributed by atoms with Gasteiger partial charge in [0.2, 0.25) is 5.91 Å². The van der Waals surface area contributed by atoms with E-state index in [1.165, 1.54) is 0 Å². The van der Waals surface area contributed by atoms with Gasteiger partial charge in [0.1, 0.15) is 0 Å². The normalized spacial score (nSPS) is 16.1. The van der Waals surface area contributed by atoms with E-state index in [0.717, 1.165) is 38.4 Å². The number of amides is 1. The molecule has 0 spiro atoms. The van der Waals surface area contributed by atoms with Crippen LogP contribution in [0.25, 0.3) is 0 Å². The topological polar surface area (TPSA) is 66.6 Å². The van der Waals surface area contributed by atoms with E-state index in [4.69, 9.17) is 5.73 Å². The summed E-state index contributed by atoms with van der Waals surface area (Å²) in [7, 11) is 0. The van der Waals surface area contributed by atoms with Crippen LogP contribution in [0, 0.1) is 0 Å². The Bertz CT molecular complexity index is 476. The summed E-state index contributed by atoms with van der Waals surface area (Å²) in [4.78, 5) is 27.2. The molecule has 0 aromatic heterocycles. The molecule has 1 amide bonds. The number of carbonyl (C=O) groups is 2. The number of nitrogens with zero attached hydrogens (tertiary/aromatic N) is 2. The number of piperazine rings is 1. The summed E-state index contributed by atoms with van der Waals surface area (Å²) < 4.78 is 0. The van der Waals surface area contributed by atoms with Crippen LogP contribution in [0.5, 0.6) is 0 Å². The number of rotatable bonds is 5. The Labute approximate surface area is 119 Å². The second-order valence-corrected chi connectivity index (χ2v) is 5.03. The molecule has 0 bridgehead atoms. The molecule has 1 aromatic rings. The number of likely N-dealkylation sites (N-methyl/N-ethyl adjacent to an activating group) is 1. The van der Waals surface area contributed by atoms with Crippen molar-refractivity contribution in [2.75, 3.05) is 37.6 Å². The largest absolute Gasteiger partial charge is 0.369 e. The highest BCUT2D eigenvalue weighted by atomic mass is 16.2. The lowest BCUT2D eigenvalue weighted by molar-refractivity contribution is -0.117. The number of anilines is 1. The van der Waals surface area contributed by atoms with Gasteiger partial charge in [-0.2, -0.15) is 0 Å². The summed E-state index contributed by atoms with van der Waals surface area (Å²) >= 11 is 0. The summed E-state index contributed by atoms with van der Waals surface area (Å²) in [5, 5.41) is 0. The van der Waals surface area contributed by atoms with Gasteiger partial charge in [-0.15, -0.1) is 0 Å². The zero-order chi connectivity index (χ0) is 14.5. The molecular formula is C15H21N3O2. The van der Waals surface area contributed by atoms with Crippen LogP contribution in [-0.4, -0.2) is 49.3 Å². The molecule has 1 aliphatic heterocycles. The van der Waals surface area contributed by atoms with E-state index >= 15 is 0 Å². The van der Waals surface area contributed by atoms with E-state index in [1.807, 2.05) is 12.1 Å². The van der Waals surface area contributed by atoms with Crippen LogP contribution in [0.15, 0.2) is 24.3 Å². The second kappa shape index (κ2) is 6.52. The standard InChI is InChI=1S/C15H21N3O2/c1-2-17-7-9-18(10-8-17)13-5-3-12(4-6-13)14(19)11-15(16)20/h3-6H,2,7-11H2,1H3,(H2,16,20). The SMILES string of the molecule is CCN1CCN(c2ccc(C(=O)CC(N)=O)cc2)CC1. The minimum Gasteiger partial charge on any atom is -0.369 e. The number of hydrogen-bond acceptors (Lipinski definition) is 4. The van der Waals surface area contributed by atoms with Crippen molar-refractivity contribution < 1.29 is 9.59 Å². The molecule has 0 atom stereocenters. The number of primary amides is 1. The number of carbonyl (C=O) groups excluding carboxylic acids is 2. The Balaban J connectivity index is 1.98. The van der Waals surface area contributed by atoms with Gasteiger partial charge in [-0.25, -0.2) is 0 Å². The predicted octanol–water partition coefficient (Wildman–Crippen LogP) is 0.887. The lowest BCUT2D eigenvalue weighted by Gasteiger charge is -2.35. The smallest absolute Gasteiger partial charge is 0.225 e. The van der Waals surface area contributed by atoms with Crippen LogP contribution in [-0.2, 0) is 4.79 Å². The molecule has 20 heavy (non-hydrogen) atoms. The van der Waals surface area contributed by atoms with Gasteiger partial charge in [0, 0.05) is 37.4 Å². The fraction of sp³-hybridized carbons (Fsp3) is 0.467. The minimum atomic E-state index is -0.588. The first kappa shape index (κ1) is 14.5. The fourth-order valence-electron chi connectivity index (χ4n) is 2.44. The van der Waals surface area contributed by atoms with Crippen LogP contribution in [0.3, 0.4) is 0 Å². The molecule has 1 aromatic carbocycles. The van der Waals surface area contributed by atoms with Crippen LogP contribution < -0.4 is 10.6 Å². The van der Waals surface area contributed by atoms with Crippen LogP contribution in [0.2, 0.25) is 0 Å². The highest BCUT2D eigenvalue weighted by Crippen LogP contribution is 2.18. The molecule has 1 saturated heterocycles. The van der Waals surface area contributed by atoms with E-state index in [0.29, 0.717) is 5.56 Å². The highest BCUT2D eigenvalue weighted by molar-refractivity contribution is 6.07. The zero-order valence-electron chi connectivity index (χ0n) is 11.8. The third kappa shape index (κ3) is 3.57. The fourth-order valence-corrected chi connectivity index (χ4v) is 2.44. The second-order valence-electron chi connectivity index (χ2n) is 5.03. The van der Waals surface area contributed by atoms with Crippen molar-refractivity contribution in [2.45, 2.75) is 13.3 Å². The van der Waals surface area contributed by atoms with E-state index in [1.54, 1.807) is 12.1 Å². The van der Waals surface area contributed by atoms with Gasteiger partial charge in [-0.1, -0.05) is 6.92 Å². The Kier molecular flexibility index (Phi) is 4.74. The first-order valence-electron chi connectivity index (χ1n) is 6.99. The molecule has 5 nitrogen and oxygen atoms in total. The first-order valence-corrected chi connectivity index (χ1v) is 6.99. The van der Waals surface area contributed by atoms with Gasteiger partial charge in [-0.05, 0) is 30.8 Å². The molecule has 1 heterocycles. The van der Waals surface area contributed by atoms with Crippen molar-refractivity contribution in [3.63, 3.8) is 0 Å². The zero-order valence-corrected chi connectivity index (χ0v) is 11.8. The number of nitrogens with two attached hydrogens (primary N) is 1. The van der Waals surface area contributed by atoms with Gasteiger partial charge in [0.25, 0.3) is 0 Å². The van der Waals surface area contributed by atoms with Crippen LogP contribution in [0.1, 0.15) is 23.7 Å². The van der Waals surface area contributed by atoms with Crippen LogP contribution >= 0.6 is 0 Å². The molecule has 0 saturated carbocycles. The first-order chi connectivity index (χ1) is 9.60. The van der Waals surface area contributed by atoms with Crippen molar-refractivity contribution in [3.05, 3.63) is 29.8 Å². The molecule has 0 unspecified atom stereocenters. The Morgan fingerprint density at radius 2 is 1.70 bits per heavy atom. The lowest BCUT2D eigenvalue weighted by Crippen LogP contribution is -2.46. The number of ketones is 1. The van der Waals surface area contributed by atoms with Gasteiger partial charge < -0.3 is 15.5 Å². The number of hydrogen-bond donors (Lipinski definition) is 1. The summed E-state index contributed by atoms with van der Waals surface area (Å²) in [6.07, 6.45) is -0.228. The average molecular weight is 275 g/mol. The maximum atomic E-state index is 11.7. The van der Waals surface area contributed by atoms with Crippen molar-refractivity contribution in [1.29, 1.82) is 0 Å². The summed E-state index contributed by atoms with van der Waals surface area (Å²) in [6, 6.07) is 7.42. The average Bonchev–Trinajstić information content (AvgIpc) is 2.47. The number of benzene rings is 1. The minimum absolute atomic E-state index is 0.222. The molecule has 5 heteroatoms. The molecule has 108 valence electrons. The molecule has 2 N–H and O–H groups in total. The lowest BCUT2D eigenvalue weighted by atomic mass is 10.1. The third-order valence-electron chi connectivity index (χ3n) is 3.71. The Morgan fingerprint density at radius 1 is 1.10 bits per heavy atom. The van der Waals surface area contributed by atoms with Gasteiger partial charge in [-0.3, -0.25) is 9.59 Å². The summed E-state index contributed by atoms with van der Waals surface area (Å²) in [5.41, 5.74) is 6.69. The van der Waals surface area contributed by atoms with Gasteiger partial charge >= 0.3 is 0 Å². The predicted molar refractivity (Wildman–Crippen MR) is 78.9 cm³/mol. The molecule has 1 aliphatic rings. The molecule has 0 aliphatic carbocycles. The third-order valence-corrected chi connectivity index (χ3v) is 3.71. The molecular weight excluding hydrogens is 254 g/mol. The maximum absolute atomic E-state index is 11.7. The van der Waals surface area contributed by atoms with E-state index in [-0.39, 0.29) is 12.2 Å². The van der Waals surface area contributed by atoms with Gasteiger partial charge in [0.05, 0.1) is 6.42 Å². The molecule has 0 radical (unpaired) electrons. The number of Topliss-reactive ketones (excluding diaryl/α,β-unsaturated/α-hetero) is 1. The van der Waals surface area contributed by atoms with Crippen molar-refractivity contribution in [2.24, 2.45) is 5.73 Å². The highest BCUT2D eigenvalue weighted by Gasteiger charge is 2.16. The Morgan fingerprint density at radius 3 is 2.20 bits per heavy atom. The summed E-state index contributed by atoms with van der Waals surface area (Å²) in [6.45, 7) is 7.41. The monoisotopic (exact) mass is 275 g/mol. The van der Waals surface area contributed by atoms with Crippen molar-refractivity contribution in [1.82, 2.24) is 4.90 Å². The van der Waals surface area contributed by atoms with Crippen molar-refractivity contribution in [3.8, 4) is 0 Å². The quantitative estimate of drug-likeness (QED) is 0.640. The van der Waals surface area contributed by atoms with E-state index in [9.17, 15) is 9.59 Å². The van der Waals surface area contributed by atoms with E-state index in [2.05, 4.69) is 16.7 Å². The van der Waals surface area contributed by atoms with Crippen molar-refractivity contribution >= 4 is 17.4 Å². The van der Waals surface area contributed by atoms with Crippen LogP contribution in [0.4, 0.5) is 5.69 Å². The maximum Gasteiger partial charge on any atom is 0.225 e.